The number of aryl methyl sites for hydroxylation is 3. The molecule has 0 aliphatic heterocycles. The van der Waals surface area contributed by atoms with Crippen LogP contribution in [0.15, 0.2) is 42.5 Å². The van der Waals surface area contributed by atoms with Crippen molar-refractivity contribution in [1.82, 2.24) is 0 Å². The molecule has 0 spiro atoms. The molecule has 2 rings (SSSR count). The largest absolute Gasteiger partial charge is 0.291 e. The maximum absolute atomic E-state index is 11.4. The smallest absolute Gasteiger partial charge is 0.262 e. The van der Waals surface area contributed by atoms with Crippen molar-refractivity contribution in [3.05, 3.63) is 64.7 Å². The lowest BCUT2D eigenvalue weighted by molar-refractivity contribution is 0.105. The molecule has 4 nitrogen and oxygen atoms in total. The third-order valence-electron chi connectivity index (χ3n) is 3.39. The summed E-state index contributed by atoms with van der Waals surface area (Å²) in [6.45, 7) is 2.04. The van der Waals surface area contributed by atoms with Gasteiger partial charge in [-0.25, -0.2) is 0 Å². The highest BCUT2D eigenvalue weighted by atomic mass is 16.5. The molecule has 0 saturated heterocycles. The van der Waals surface area contributed by atoms with Gasteiger partial charge < -0.3 is 0 Å². The molecule has 0 bridgehead atoms. The topological polar surface area (TPSA) is 73.1 Å². The Hall–Kier alpha value is -2.64. The summed E-state index contributed by atoms with van der Waals surface area (Å²) in [5.74, 6) is -0.573. The Morgan fingerprint density at radius 3 is 2.52 bits per heavy atom. The monoisotopic (exact) mass is 280 g/mol. The van der Waals surface area contributed by atoms with Crippen LogP contribution in [0.25, 0.3) is 0 Å². The summed E-state index contributed by atoms with van der Waals surface area (Å²) >= 11 is 0. The molecule has 0 radical (unpaired) electrons. The van der Waals surface area contributed by atoms with Gasteiger partial charge in [-0.05, 0) is 49.1 Å². The van der Waals surface area contributed by atoms with Crippen molar-refractivity contribution in [3.63, 3.8) is 0 Å². The summed E-state index contributed by atoms with van der Waals surface area (Å²) in [6.07, 6.45) is 1.46. The van der Waals surface area contributed by atoms with Crippen molar-refractivity contribution in [3.8, 4) is 6.07 Å². The number of rotatable bonds is 5. The van der Waals surface area contributed by atoms with E-state index in [-0.39, 0.29) is 0 Å². The first-order chi connectivity index (χ1) is 10.1. The number of hydrogen-bond acceptors (Lipinski definition) is 4. The van der Waals surface area contributed by atoms with Crippen LogP contribution in [0.3, 0.4) is 0 Å². The summed E-state index contributed by atoms with van der Waals surface area (Å²) in [7, 11) is 0. The lowest BCUT2D eigenvalue weighted by atomic mass is 9.99. The highest BCUT2D eigenvalue weighted by molar-refractivity contribution is 6.07. The summed E-state index contributed by atoms with van der Waals surface area (Å²) in [4.78, 5) is 11.4. The van der Waals surface area contributed by atoms with Crippen molar-refractivity contribution in [2.45, 2.75) is 19.8 Å². The van der Waals surface area contributed by atoms with Gasteiger partial charge in [0.05, 0.1) is 5.69 Å². The van der Waals surface area contributed by atoms with Gasteiger partial charge in [-0.2, -0.15) is 5.26 Å². The second-order valence-electron chi connectivity index (χ2n) is 4.91. The van der Waals surface area contributed by atoms with Gasteiger partial charge in [0.15, 0.2) is 0 Å². The van der Waals surface area contributed by atoms with E-state index in [1.807, 2.05) is 6.92 Å². The van der Waals surface area contributed by atoms with Crippen LogP contribution in [0.2, 0.25) is 0 Å². The van der Waals surface area contributed by atoms with Crippen molar-refractivity contribution in [1.29, 1.82) is 5.26 Å². The second kappa shape index (κ2) is 6.69. The van der Waals surface area contributed by atoms with Crippen molar-refractivity contribution in [2.75, 3.05) is 5.48 Å². The molecule has 0 fully saturated rings. The van der Waals surface area contributed by atoms with Gasteiger partial charge in [0.1, 0.15) is 6.07 Å². The van der Waals surface area contributed by atoms with Crippen LogP contribution in [-0.4, -0.2) is 11.0 Å². The minimum absolute atomic E-state index is 0.343. The molecule has 2 N–H and O–H groups in total. The Morgan fingerprint density at radius 2 is 1.90 bits per heavy atom. The Morgan fingerprint density at radius 1 is 1.19 bits per heavy atom. The zero-order chi connectivity index (χ0) is 15.2. The molecule has 0 amide bonds. The quantitative estimate of drug-likeness (QED) is 0.501. The van der Waals surface area contributed by atoms with Crippen molar-refractivity contribution >= 4 is 11.5 Å². The van der Waals surface area contributed by atoms with Crippen LogP contribution in [0, 0.1) is 18.3 Å². The maximum atomic E-state index is 11.4. The van der Waals surface area contributed by atoms with Gasteiger partial charge in [-0.3, -0.25) is 15.5 Å². The average molecular weight is 280 g/mol. The average Bonchev–Trinajstić information content (AvgIpc) is 2.53. The van der Waals surface area contributed by atoms with E-state index < -0.39 is 5.78 Å². The fourth-order valence-electron chi connectivity index (χ4n) is 2.15. The molecular weight excluding hydrogens is 264 g/mol. The van der Waals surface area contributed by atoms with Gasteiger partial charge in [0.2, 0.25) is 0 Å². The zero-order valence-electron chi connectivity index (χ0n) is 11.8. The molecule has 0 atom stereocenters. The molecule has 106 valence electrons. The van der Waals surface area contributed by atoms with Gasteiger partial charge >= 0.3 is 0 Å². The Kier molecular flexibility index (Phi) is 4.70. The molecule has 0 aliphatic rings. The standard InChI is InChI=1S/C17H16N2O2/c1-12-2-4-13(5-3-12)6-7-14-10-15(17(20)11-18)8-9-16(14)19-21/h2-5,8-10,19,21H,6-7H2,1H3. The molecule has 4 heteroatoms. The minimum Gasteiger partial charge on any atom is -0.291 e. The molecule has 2 aromatic carbocycles. The van der Waals surface area contributed by atoms with Gasteiger partial charge in [0.25, 0.3) is 5.78 Å². The van der Waals surface area contributed by atoms with Crippen LogP contribution in [-0.2, 0) is 12.8 Å². The molecule has 0 unspecified atom stereocenters. The van der Waals surface area contributed by atoms with E-state index in [0.29, 0.717) is 17.7 Å². The van der Waals surface area contributed by atoms with E-state index in [2.05, 4.69) is 29.7 Å². The van der Waals surface area contributed by atoms with Crippen LogP contribution in [0.5, 0.6) is 0 Å². The predicted octanol–water partition coefficient (Wildman–Crippen LogP) is 3.29. The summed E-state index contributed by atoms with van der Waals surface area (Å²) in [5, 5.41) is 17.8. The summed E-state index contributed by atoms with van der Waals surface area (Å²) in [6, 6.07) is 14.6. The number of nitriles is 1. The first-order valence-electron chi connectivity index (χ1n) is 6.67. The van der Waals surface area contributed by atoms with E-state index in [4.69, 9.17) is 10.5 Å². The fraction of sp³-hybridized carbons (Fsp3) is 0.176. The molecule has 2 aromatic rings. The Labute approximate surface area is 123 Å². The lowest BCUT2D eigenvalue weighted by Crippen LogP contribution is -2.02. The second-order valence-corrected chi connectivity index (χ2v) is 4.91. The van der Waals surface area contributed by atoms with Gasteiger partial charge in [-0.1, -0.05) is 29.8 Å². The molecule has 21 heavy (non-hydrogen) atoms. The van der Waals surface area contributed by atoms with Gasteiger partial charge in [0, 0.05) is 5.56 Å². The molecular formula is C17H16N2O2. The van der Waals surface area contributed by atoms with Gasteiger partial charge in [-0.15, -0.1) is 0 Å². The van der Waals surface area contributed by atoms with Crippen molar-refractivity contribution < 1.29 is 10.0 Å². The van der Waals surface area contributed by atoms with Crippen LogP contribution < -0.4 is 5.48 Å². The van der Waals surface area contributed by atoms with E-state index >= 15 is 0 Å². The number of nitrogens with zero attached hydrogens (tertiary/aromatic N) is 1. The highest BCUT2D eigenvalue weighted by Crippen LogP contribution is 2.20. The number of nitrogens with one attached hydrogen (secondary N) is 1. The zero-order valence-corrected chi connectivity index (χ0v) is 11.8. The number of benzene rings is 2. The normalized spacial score (nSPS) is 9.95. The third-order valence-corrected chi connectivity index (χ3v) is 3.39. The third kappa shape index (κ3) is 3.68. The Balaban J connectivity index is 2.19. The first-order valence-corrected chi connectivity index (χ1v) is 6.67. The van der Waals surface area contributed by atoms with E-state index in [0.717, 1.165) is 12.0 Å². The van der Waals surface area contributed by atoms with Crippen LogP contribution in [0.4, 0.5) is 5.69 Å². The molecule has 0 saturated carbocycles. The van der Waals surface area contributed by atoms with Crippen LogP contribution >= 0.6 is 0 Å². The summed E-state index contributed by atoms with van der Waals surface area (Å²) < 4.78 is 0. The van der Waals surface area contributed by atoms with Crippen molar-refractivity contribution in [2.24, 2.45) is 0 Å². The maximum Gasteiger partial charge on any atom is 0.262 e. The van der Waals surface area contributed by atoms with E-state index in [1.165, 1.54) is 17.2 Å². The fourth-order valence-corrected chi connectivity index (χ4v) is 2.15. The van der Waals surface area contributed by atoms with E-state index in [1.54, 1.807) is 18.2 Å². The first kappa shape index (κ1) is 14.8. The summed E-state index contributed by atoms with van der Waals surface area (Å²) in [5.41, 5.74) is 6.22. The minimum atomic E-state index is -0.573. The molecule has 0 aliphatic carbocycles. The lowest BCUT2D eigenvalue weighted by Gasteiger charge is -2.09. The predicted molar refractivity (Wildman–Crippen MR) is 80.4 cm³/mol. The highest BCUT2D eigenvalue weighted by Gasteiger charge is 2.09. The molecule has 0 heterocycles. The Bertz CT molecular complexity index is 685. The van der Waals surface area contributed by atoms with E-state index in [9.17, 15) is 4.79 Å². The van der Waals surface area contributed by atoms with Crippen LogP contribution in [0.1, 0.15) is 27.0 Å². The number of carbonyl (C=O) groups is 1. The number of carbonyl (C=O) groups excluding carboxylic acids is 1. The number of ketones is 1. The number of Topliss-reactive ketones (excluding diaryl/α,β-unsaturated/α-hetero) is 1. The number of hydrogen-bond donors (Lipinski definition) is 2. The SMILES string of the molecule is Cc1ccc(CCc2cc(C(=O)C#N)ccc2NO)cc1. The number of anilines is 1. The molecule has 0 aromatic heterocycles.